The second kappa shape index (κ2) is 11.8. The summed E-state index contributed by atoms with van der Waals surface area (Å²) in [6.45, 7) is 7.22. The molecule has 0 unspecified atom stereocenters. The van der Waals surface area contributed by atoms with E-state index in [-0.39, 0.29) is 0 Å². The monoisotopic (exact) mass is 602 g/mol. The van der Waals surface area contributed by atoms with E-state index < -0.39 is 85.1 Å². The highest BCUT2D eigenvalue weighted by Crippen LogP contribution is 2.54. The zero-order chi connectivity index (χ0) is 30.0. The minimum absolute atomic E-state index is 0.739. The molecule has 0 spiro atoms. The summed E-state index contributed by atoms with van der Waals surface area (Å²) in [5.41, 5.74) is -3.63. The minimum atomic E-state index is -4.85. The predicted octanol–water partition coefficient (Wildman–Crippen LogP) is 2.34. The second-order valence-corrected chi connectivity index (χ2v) is 13.4. The Balaban J connectivity index is 2.22. The highest BCUT2D eigenvalue weighted by molar-refractivity contribution is 7.48. The Morgan fingerprint density at radius 3 is 2.03 bits per heavy atom. The van der Waals surface area contributed by atoms with E-state index in [1.54, 1.807) is 41.5 Å². The zero-order valence-electron chi connectivity index (χ0n) is 22.5. The molecule has 14 nitrogen and oxygen atoms in total. The lowest BCUT2D eigenvalue weighted by Gasteiger charge is -2.27. The van der Waals surface area contributed by atoms with E-state index in [0.717, 1.165) is 23.8 Å². The van der Waals surface area contributed by atoms with Gasteiger partial charge in [-0.15, -0.1) is 11.6 Å². The van der Waals surface area contributed by atoms with Gasteiger partial charge in [0, 0.05) is 12.3 Å². The Morgan fingerprint density at radius 2 is 1.59 bits per heavy atom. The summed E-state index contributed by atoms with van der Waals surface area (Å²) in [6, 6.07) is 0.951. The summed E-state index contributed by atoms with van der Waals surface area (Å²) >= 11 is 6.32. The summed E-state index contributed by atoms with van der Waals surface area (Å²) in [4.78, 5) is 47.5. The summed E-state index contributed by atoms with van der Waals surface area (Å²) in [5, 5.41) is 10.6. The minimum Gasteiger partial charge on any atom is -0.437 e. The van der Waals surface area contributed by atoms with Crippen LogP contribution in [0.15, 0.2) is 21.9 Å². The molecule has 0 saturated carbocycles. The van der Waals surface area contributed by atoms with Gasteiger partial charge in [-0.2, -0.15) is 0 Å². The van der Waals surface area contributed by atoms with Gasteiger partial charge in [0.2, 0.25) is 13.6 Å². The maximum absolute atomic E-state index is 15.8. The molecule has 0 amide bonds. The van der Waals surface area contributed by atoms with Gasteiger partial charge >= 0.3 is 25.5 Å². The van der Waals surface area contributed by atoms with Crippen LogP contribution in [0.3, 0.4) is 0 Å². The van der Waals surface area contributed by atoms with E-state index >= 15 is 4.39 Å². The fraction of sp³-hybridized carbons (Fsp3) is 0.727. The Morgan fingerprint density at radius 1 is 1.10 bits per heavy atom. The summed E-state index contributed by atoms with van der Waals surface area (Å²) in [7, 11) is -4.85. The Kier molecular flexibility index (Phi) is 9.98. The molecule has 1 fully saturated rings. The number of nitrogens with zero attached hydrogens (tertiary/aromatic N) is 1. The number of aromatic nitrogens is 2. The van der Waals surface area contributed by atoms with Gasteiger partial charge in [-0.1, -0.05) is 0 Å². The number of hydrogen-bond acceptors (Lipinski definition) is 12. The van der Waals surface area contributed by atoms with E-state index in [1.807, 2.05) is 4.98 Å². The number of rotatable bonds is 10. The predicted molar refractivity (Wildman–Crippen MR) is 132 cm³/mol. The van der Waals surface area contributed by atoms with Crippen LogP contribution in [0.25, 0.3) is 0 Å². The number of halogens is 2. The topological polar surface area (TPSA) is 182 Å². The van der Waals surface area contributed by atoms with Crippen molar-refractivity contribution in [1.82, 2.24) is 9.55 Å². The molecule has 1 aromatic rings. The fourth-order valence-corrected chi connectivity index (χ4v) is 4.21. The zero-order valence-corrected chi connectivity index (χ0v) is 24.2. The van der Waals surface area contributed by atoms with Crippen LogP contribution >= 0.6 is 19.4 Å². The largest absolute Gasteiger partial charge is 0.480 e. The average Bonchev–Trinajstić information content (AvgIpc) is 2.97. The standard InChI is InChI=1S/C22H33ClFN2O12P/c1-19(2,3)16(29)33-11-36-39(32,37-12-34-17(30)20(4,5)6)35-10-22(24)14(28)21(7,23)15(38-22)26-9-8-13(27)25-18(26)31/h8-9,14-15,28H,10-12H2,1-7H3,(H,25,27,31)/t14-,15+,21+,22+/m0/s1. The van der Waals surface area contributed by atoms with E-state index in [4.69, 9.17) is 39.4 Å². The van der Waals surface area contributed by atoms with Crippen LogP contribution < -0.4 is 11.2 Å². The number of carbonyl (C=O) groups is 2. The van der Waals surface area contributed by atoms with Crippen LogP contribution in [0.4, 0.5) is 4.39 Å². The molecule has 1 saturated heterocycles. The lowest BCUT2D eigenvalue weighted by molar-refractivity contribution is -0.207. The van der Waals surface area contributed by atoms with E-state index in [2.05, 4.69) is 0 Å². The number of aliphatic hydroxyl groups is 1. The Hall–Kier alpha value is -2.13. The number of H-pyrrole nitrogens is 1. The van der Waals surface area contributed by atoms with Crippen molar-refractivity contribution >= 4 is 31.4 Å². The fourth-order valence-electron chi connectivity index (χ4n) is 2.98. The van der Waals surface area contributed by atoms with Crippen molar-refractivity contribution < 1.29 is 51.4 Å². The van der Waals surface area contributed by atoms with Gasteiger partial charge in [0.15, 0.2) is 6.23 Å². The van der Waals surface area contributed by atoms with Gasteiger partial charge in [0.25, 0.3) is 11.4 Å². The van der Waals surface area contributed by atoms with Gasteiger partial charge in [0.1, 0.15) is 17.6 Å². The summed E-state index contributed by atoms with van der Waals surface area (Å²) < 4.78 is 59.6. The van der Waals surface area contributed by atoms with Crippen molar-refractivity contribution in [2.24, 2.45) is 10.8 Å². The number of phosphoric acid groups is 1. The van der Waals surface area contributed by atoms with Crippen molar-refractivity contribution in [2.45, 2.75) is 71.5 Å². The van der Waals surface area contributed by atoms with Gasteiger partial charge in [-0.05, 0) is 48.5 Å². The van der Waals surface area contributed by atoms with Crippen molar-refractivity contribution in [3.8, 4) is 0 Å². The number of ether oxygens (including phenoxy) is 3. The molecule has 1 aliphatic heterocycles. The molecule has 1 aliphatic rings. The number of esters is 2. The highest BCUT2D eigenvalue weighted by Gasteiger charge is 2.63. The maximum atomic E-state index is 15.8. The molecule has 39 heavy (non-hydrogen) atoms. The first-order valence-electron chi connectivity index (χ1n) is 11.6. The van der Waals surface area contributed by atoms with Crippen LogP contribution in [0, 0.1) is 10.8 Å². The van der Waals surface area contributed by atoms with Crippen molar-refractivity contribution in [3.05, 3.63) is 33.1 Å². The normalized spacial score (nSPS) is 25.9. The molecule has 1 aromatic heterocycles. The average molecular weight is 603 g/mol. The number of phosphoric ester groups is 1. The first-order chi connectivity index (χ1) is 17.6. The van der Waals surface area contributed by atoms with Crippen LogP contribution in [0.5, 0.6) is 0 Å². The number of aromatic amines is 1. The molecular formula is C22H33ClFN2O12P. The number of alkyl halides is 2. The first-order valence-corrected chi connectivity index (χ1v) is 13.4. The van der Waals surface area contributed by atoms with Gasteiger partial charge < -0.3 is 19.3 Å². The molecular weight excluding hydrogens is 570 g/mol. The smallest absolute Gasteiger partial charge is 0.437 e. The Labute approximate surface area is 228 Å². The Bertz CT molecular complexity index is 1180. The van der Waals surface area contributed by atoms with Crippen molar-refractivity contribution in [1.29, 1.82) is 0 Å². The van der Waals surface area contributed by atoms with Gasteiger partial charge in [-0.3, -0.25) is 28.5 Å². The molecule has 2 heterocycles. The van der Waals surface area contributed by atoms with Gasteiger partial charge in [0.05, 0.1) is 10.8 Å². The molecule has 0 radical (unpaired) electrons. The van der Waals surface area contributed by atoms with E-state index in [0.29, 0.717) is 0 Å². The quantitative estimate of drug-likeness (QED) is 0.173. The third-order valence-electron chi connectivity index (χ3n) is 5.28. The molecule has 2 rings (SSSR count). The van der Waals surface area contributed by atoms with Crippen molar-refractivity contribution in [2.75, 3.05) is 20.2 Å². The van der Waals surface area contributed by atoms with Crippen molar-refractivity contribution in [3.63, 3.8) is 0 Å². The van der Waals surface area contributed by atoms with Crippen LogP contribution in [-0.2, 0) is 41.9 Å². The maximum Gasteiger partial charge on any atom is 0.480 e. The number of nitrogens with one attached hydrogen (secondary N) is 1. The molecule has 2 N–H and O–H groups in total. The lowest BCUT2D eigenvalue weighted by Crippen LogP contribution is -2.46. The summed E-state index contributed by atoms with van der Waals surface area (Å²) in [6.07, 6.45) is -2.86. The number of hydrogen-bond donors (Lipinski definition) is 2. The number of aliphatic hydroxyl groups excluding tert-OH is 1. The summed E-state index contributed by atoms with van der Waals surface area (Å²) in [5.74, 6) is -4.67. The van der Waals surface area contributed by atoms with Crippen LogP contribution in [0.1, 0.15) is 54.7 Å². The molecule has 0 aliphatic carbocycles. The molecule has 222 valence electrons. The first kappa shape index (κ1) is 33.1. The molecule has 0 bridgehead atoms. The van der Waals surface area contributed by atoms with E-state index in [9.17, 15) is 28.8 Å². The third kappa shape index (κ3) is 8.19. The second-order valence-electron chi connectivity index (χ2n) is 10.9. The molecule has 4 atom stereocenters. The van der Waals surface area contributed by atoms with Crippen LogP contribution in [0.2, 0.25) is 0 Å². The molecule has 0 aromatic carbocycles. The lowest BCUT2D eigenvalue weighted by atomic mass is 9.98. The highest BCUT2D eigenvalue weighted by atomic mass is 35.5. The SMILES string of the molecule is CC(C)(C)C(=O)OCOP(=O)(OCOC(=O)C(C)(C)C)OC[C@@]1(F)O[C@@H](n2ccc(=O)[nH]c2=O)[C@](C)(Cl)[C@@H]1O. The van der Waals surface area contributed by atoms with E-state index in [1.165, 1.54) is 0 Å². The number of carbonyl (C=O) groups excluding carboxylic acids is 2. The van der Waals surface area contributed by atoms with Crippen LogP contribution in [-0.4, -0.2) is 63.6 Å². The van der Waals surface area contributed by atoms with Gasteiger partial charge in [-0.25, -0.2) is 22.8 Å². The third-order valence-corrected chi connectivity index (χ3v) is 6.97. The molecule has 17 heteroatoms.